The van der Waals surface area contributed by atoms with Crippen molar-refractivity contribution in [2.75, 3.05) is 33.2 Å². The fourth-order valence-electron chi connectivity index (χ4n) is 3.42. The van der Waals surface area contributed by atoms with Crippen LogP contribution in [0.3, 0.4) is 0 Å². The Labute approximate surface area is 184 Å². The third-order valence-corrected chi connectivity index (χ3v) is 8.44. The molecule has 166 valence electrons. The first-order valence-electron chi connectivity index (χ1n) is 10.4. The predicted octanol–water partition coefficient (Wildman–Crippen LogP) is 3.22. The quantitative estimate of drug-likeness (QED) is 0.508. The standard InChI is InChI=1S/C22H33N3O3S2/c1-4-25(5-2)20(17-19-11-7-6-8-12-19)18-23-21(26)13-9-15-24(3)30(27,28)22-14-10-16-29-22/h6-8,10-12,14,16,20H,4-5,9,13,15,17-18H2,1-3H3,(H,23,26). The van der Waals surface area contributed by atoms with Gasteiger partial charge in [-0.1, -0.05) is 50.2 Å². The van der Waals surface area contributed by atoms with Crippen LogP contribution < -0.4 is 5.32 Å². The van der Waals surface area contributed by atoms with Crippen LogP contribution in [0.15, 0.2) is 52.1 Å². The molecule has 2 aromatic rings. The van der Waals surface area contributed by atoms with Gasteiger partial charge in [0.1, 0.15) is 4.21 Å². The minimum atomic E-state index is -3.46. The number of nitrogens with zero attached hydrogens (tertiary/aromatic N) is 2. The molecule has 0 saturated heterocycles. The number of thiophene rings is 1. The lowest BCUT2D eigenvalue weighted by Crippen LogP contribution is -2.45. The molecule has 1 amide bonds. The van der Waals surface area contributed by atoms with Crippen molar-refractivity contribution >= 4 is 27.3 Å². The van der Waals surface area contributed by atoms with E-state index in [0.717, 1.165) is 19.5 Å². The lowest BCUT2D eigenvalue weighted by atomic mass is 10.0. The Morgan fingerprint density at radius 2 is 1.80 bits per heavy atom. The summed E-state index contributed by atoms with van der Waals surface area (Å²) in [5, 5.41) is 4.79. The monoisotopic (exact) mass is 451 g/mol. The fourth-order valence-corrected chi connectivity index (χ4v) is 5.83. The maximum Gasteiger partial charge on any atom is 0.252 e. The summed E-state index contributed by atoms with van der Waals surface area (Å²) >= 11 is 1.20. The van der Waals surface area contributed by atoms with Gasteiger partial charge in [0, 0.05) is 32.6 Å². The van der Waals surface area contributed by atoms with E-state index in [1.54, 1.807) is 24.6 Å². The predicted molar refractivity (Wildman–Crippen MR) is 123 cm³/mol. The summed E-state index contributed by atoms with van der Waals surface area (Å²) in [7, 11) is -1.90. The van der Waals surface area contributed by atoms with Crippen LogP contribution in [0.1, 0.15) is 32.3 Å². The van der Waals surface area contributed by atoms with Crippen LogP contribution in [0.25, 0.3) is 0 Å². The number of rotatable bonds is 13. The zero-order chi connectivity index (χ0) is 22.0. The molecule has 1 aromatic heterocycles. The van der Waals surface area contributed by atoms with Crippen molar-refractivity contribution in [1.29, 1.82) is 0 Å². The summed E-state index contributed by atoms with van der Waals surface area (Å²) < 4.78 is 26.5. The molecule has 1 heterocycles. The molecule has 0 aliphatic carbocycles. The Bertz CT molecular complexity index is 851. The number of carbonyl (C=O) groups excluding carboxylic acids is 1. The minimum Gasteiger partial charge on any atom is -0.355 e. The average molecular weight is 452 g/mol. The number of carbonyl (C=O) groups is 1. The maximum atomic E-state index is 12.4. The van der Waals surface area contributed by atoms with Crippen LogP contribution in [0.5, 0.6) is 0 Å². The van der Waals surface area contributed by atoms with Gasteiger partial charge in [-0.2, -0.15) is 0 Å². The smallest absolute Gasteiger partial charge is 0.252 e. The van der Waals surface area contributed by atoms with E-state index in [1.165, 1.54) is 21.2 Å². The van der Waals surface area contributed by atoms with E-state index in [2.05, 4.69) is 36.2 Å². The zero-order valence-electron chi connectivity index (χ0n) is 18.1. The second-order valence-corrected chi connectivity index (χ2v) is 10.5. The number of nitrogens with one attached hydrogen (secondary N) is 1. The van der Waals surface area contributed by atoms with Crippen LogP contribution >= 0.6 is 11.3 Å². The molecule has 0 spiro atoms. The molecule has 0 fully saturated rings. The average Bonchev–Trinajstić information content (AvgIpc) is 3.29. The van der Waals surface area contributed by atoms with Crippen LogP contribution in [0.2, 0.25) is 0 Å². The van der Waals surface area contributed by atoms with Crippen LogP contribution in [-0.2, 0) is 21.2 Å². The fraction of sp³-hybridized carbons (Fsp3) is 0.500. The number of benzene rings is 1. The van der Waals surface area contributed by atoms with E-state index >= 15 is 0 Å². The van der Waals surface area contributed by atoms with Crippen molar-refractivity contribution in [3.8, 4) is 0 Å². The zero-order valence-corrected chi connectivity index (χ0v) is 19.7. The molecule has 0 bridgehead atoms. The largest absolute Gasteiger partial charge is 0.355 e. The van der Waals surface area contributed by atoms with Crippen LogP contribution in [0, 0.1) is 0 Å². The number of hydrogen-bond acceptors (Lipinski definition) is 5. The maximum absolute atomic E-state index is 12.4. The van der Waals surface area contributed by atoms with Crippen molar-refractivity contribution in [2.24, 2.45) is 0 Å². The van der Waals surface area contributed by atoms with Gasteiger partial charge in [0.05, 0.1) is 0 Å². The van der Waals surface area contributed by atoms with Gasteiger partial charge in [-0.3, -0.25) is 9.69 Å². The van der Waals surface area contributed by atoms with Gasteiger partial charge in [-0.05, 0) is 42.9 Å². The molecule has 1 atom stereocenters. The topological polar surface area (TPSA) is 69.7 Å². The number of amides is 1. The molecule has 30 heavy (non-hydrogen) atoms. The minimum absolute atomic E-state index is 0.0397. The lowest BCUT2D eigenvalue weighted by molar-refractivity contribution is -0.121. The lowest BCUT2D eigenvalue weighted by Gasteiger charge is -2.30. The molecular formula is C22H33N3O3S2. The van der Waals surface area contributed by atoms with E-state index < -0.39 is 10.0 Å². The first kappa shape index (κ1) is 24.5. The van der Waals surface area contributed by atoms with Crippen molar-refractivity contribution in [3.63, 3.8) is 0 Å². The summed E-state index contributed by atoms with van der Waals surface area (Å²) in [4.78, 5) is 14.7. The van der Waals surface area contributed by atoms with E-state index in [9.17, 15) is 13.2 Å². The summed E-state index contributed by atoms with van der Waals surface area (Å²) in [5.41, 5.74) is 1.25. The van der Waals surface area contributed by atoms with E-state index in [1.807, 2.05) is 18.2 Å². The van der Waals surface area contributed by atoms with Gasteiger partial charge in [-0.25, -0.2) is 12.7 Å². The van der Waals surface area contributed by atoms with Crippen molar-refractivity contribution in [2.45, 2.75) is 43.4 Å². The molecule has 2 rings (SSSR count). The third-order valence-electron chi connectivity index (χ3n) is 5.21. The highest BCUT2D eigenvalue weighted by atomic mass is 32.2. The molecule has 1 unspecified atom stereocenters. The molecule has 0 aliphatic rings. The highest BCUT2D eigenvalue weighted by Gasteiger charge is 2.22. The Morgan fingerprint density at radius 1 is 1.10 bits per heavy atom. The molecular weight excluding hydrogens is 418 g/mol. The SMILES string of the molecule is CCN(CC)C(CNC(=O)CCCN(C)S(=O)(=O)c1cccs1)Cc1ccccc1. The van der Waals surface area contributed by atoms with E-state index in [-0.39, 0.29) is 11.9 Å². The normalized spacial score (nSPS) is 13.0. The van der Waals surface area contributed by atoms with Gasteiger partial charge in [0.15, 0.2) is 0 Å². The Morgan fingerprint density at radius 3 is 2.40 bits per heavy atom. The first-order valence-corrected chi connectivity index (χ1v) is 12.7. The van der Waals surface area contributed by atoms with Gasteiger partial charge in [0.25, 0.3) is 10.0 Å². The molecule has 0 aliphatic heterocycles. The number of hydrogen-bond donors (Lipinski definition) is 1. The molecule has 0 radical (unpaired) electrons. The summed E-state index contributed by atoms with van der Waals surface area (Å²) in [6.07, 6.45) is 1.67. The highest BCUT2D eigenvalue weighted by molar-refractivity contribution is 7.91. The Kier molecular flexibility index (Phi) is 9.97. The summed E-state index contributed by atoms with van der Waals surface area (Å²) in [5.74, 6) is -0.0397. The van der Waals surface area contributed by atoms with E-state index in [4.69, 9.17) is 0 Å². The van der Waals surface area contributed by atoms with Gasteiger partial charge < -0.3 is 5.32 Å². The number of sulfonamides is 1. The third kappa shape index (κ3) is 7.19. The molecule has 1 aromatic carbocycles. The second kappa shape index (κ2) is 12.2. The van der Waals surface area contributed by atoms with Gasteiger partial charge in [-0.15, -0.1) is 11.3 Å². The highest BCUT2D eigenvalue weighted by Crippen LogP contribution is 2.20. The Balaban J connectivity index is 1.82. The van der Waals surface area contributed by atoms with Crippen molar-refractivity contribution in [3.05, 3.63) is 53.4 Å². The van der Waals surface area contributed by atoms with Crippen LogP contribution in [0.4, 0.5) is 0 Å². The van der Waals surface area contributed by atoms with Gasteiger partial charge in [0.2, 0.25) is 5.91 Å². The second-order valence-electron chi connectivity index (χ2n) is 7.23. The molecule has 0 saturated carbocycles. The van der Waals surface area contributed by atoms with Crippen molar-refractivity contribution < 1.29 is 13.2 Å². The van der Waals surface area contributed by atoms with Crippen LogP contribution in [-0.4, -0.2) is 62.8 Å². The Hall–Kier alpha value is -1.74. The number of likely N-dealkylation sites (N-methyl/N-ethyl adjacent to an activating group) is 1. The molecule has 6 nitrogen and oxygen atoms in total. The first-order chi connectivity index (χ1) is 14.4. The van der Waals surface area contributed by atoms with E-state index in [0.29, 0.717) is 30.1 Å². The van der Waals surface area contributed by atoms with Gasteiger partial charge >= 0.3 is 0 Å². The molecule has 1 N–H and O–H groups in total. The summed E-state index contributed by atoms with van der Waals surface area (Å²) in [6, 6.07) is 13.9. The summed E-state index contributed by atoms with van der Waals surface area (Å²) in [6.45, 7) is 7.01. The molecule has 8 heteroatoms. The van der Waals surface area contributed by atoms with Crippen molar-refractivity contribution in [1.82, 2.24) is 14.5 Å².